The van der Waals surface area contributed by atoms with Crippen molar-refractivity contribution in [1.82, 2.24) is 20.2 Å². The lowest BCUT2D eigenvalue weighted by atomic mass is 10.2. The topological polar surface area (TPSA) is 101 Å². The van der Waals surface area contributed by atoms with Crippen LogP contribution in [0.15, 0.2) is 16.9 Å². The van der Waals surface area contributed by atoms with Crippen LogP contribution in [0.1, 0.15) is 18.9 Å². The molecule has 0 aromatic carbocycles. The SMILES string of the molecule is CCCc1c(O)nc(-c2ccc(OC)nn2)[nH]c1=O. The average molecular weight is 262 g/mol. The quantitative estimate of drug-likeness (QED) is 0.848. The van der Waals surface area contributed by atoms with Crippen molar-refractivity contribution in [2.75, 3.05) is 7.11 Å². The predicted octanol–water partition coefficient (Wildman–Crippen LogP) is 0.894. The Labute approximate surface area is 109 Å². The first-order chi connectivity index (χ1) is 9.15. The zero-order valence-corrected chi connectivity index (χ0v) is 10.7. The minimum atomic E-state index is -0.359. The van der Waals surface area contributed by atoms with Crippen molar-refractivity contribution in [2.24, 2.45) is 0 Å². The van der Waals surface area contributed by atoms with E-state index in [-0.39, 0.29) is 22.8 Å². The van der Waals surface area contributed by atoms with Gasteiger partial charge in [0.1, 0.15) is 5.69 Å². The van der Waals surface area contributed by atoms with Crippen molar-refractivity contribution in [2.45, 2.75) is 19.8 Å². The monoisotopic (exact) mass is 262 g/mol. The molecule has 0 saturated carbocycles. The fourth-order valence-electron chi connectivity index (χ4n) is 1.64. The Morgan fingerprint density at radius 3 is 2.68 bits per heavy atom. The first kappa shape index (κ1) is 13.0. The van der Waals surface area contributed by atoms with Crippen molar-refractivity contribution >= 4 is 0 Å². The van der Waals surface area contributed by atoms with Gasteiger partial charge in [-0.3, -0.25) is 4.79 Å². The maximum absolute atomic E-state index is 11.8. The molecule has 0 saturated heterocycles. The molecule has 0 radical (unpaired) electrons. The molecule has 2 aromatic heterocycles. The molecule has 0 aliphatic carbocycles. The Kier molecular flexibility index (Phi) is 3.74. The number of ether oxygens (including phenoxy) is 1. The van der Waals surface area contributed by atoms with Gasteiger partial charge >= 0.3 is 0 Å². The van der Waals surface area contributed by atoms with Crippen molar-refractivity contribution < 1.29 is 9.84 Å². The van der Waals surface area contributed by atoms with E-state index in [0.29, 0.717) is 18.0 Å². The highest BCUT2D eigenvalue weighted by atomic mass is 16.5. The molecule has 100 valence electrons. The van der Waals surface area contributed by atoms with E-state index in [9.17, 15) is 9.90 Å². The van der Waals surface area contributed by atoms with Crippen LogP contribution in [0.2, 0.25) is 0 Å². The maximum Gasteiger partial charge on any atom is 0.258 e. The second-order valence-electron chi connectivity index (χ2n) is 3.93. The number of nitrogens with one attached hydrogen (secondary N) is 1. The normalized spacial score (nSPS) is 10.4. The molecule has 0 amide bonds. The molecule has 0 bridgehead atoms. The smallest absolute Gasteiger partial charge is 0.258 e. The van der Waals surface area contributed by atoms with Gasteiger partial charge in [-0.05, 0) is 12.5 Å². The largest absolute Gasteiger partial charge is 0.493 e. The first-order valence-corrected chi connectivity index (χ1v) is 5.86. The molecule has 2 rings (SSSR count). The summed E-state index contributed by atoms with van der Waals surface area (Å²) in [6.07, 6.45) is 1.22. The number of nitrogens with zero attached hydrogens (tertiary/aromatic N) is 3. The summed E-state index contributed by atoms with van der Waals surface area (Å²) < 4.78 is 4.89. The highest BCUT2D eigenvalue weighted by Gasteiger charge is 2.12. The first-order valence-electron chi connectivity index (χ1n) is 5.86. The Morgan fingerprint density at radius 1 is 1.37 bits per heavy atom. The summed E-state index contributed by atoms with van der Waals surface area (Å²) in [6, 6.07) is 3.20. The molecule has 0 aliphatic heterocycles. The van der Waals surface area contributed by atoms with Gasteiger partial charge in [0, 0.05) is 6.07 Å². The molecular formula is C12H14N4O3. The third-order valence-electron chi connectivity index (χ3n) is 2.59. The summed E-state index contributed by atoms with van der Waals surface area (Å²) in [4.78, 5) is 18.3. The maximum atomic E-state index is 11.8. The molecule has 2 aromatic rings. The minimum absolute atomic E-state index is 0.178. The van der Waals surface area contributed by atoms with Gasteiger partial charge in [-0.25, -0.2) is 0 Å². The number of aromatic hydroxyl groups is 1. The lowest BCUT2D eigenvalue weighted by Crippen LogP contribution is -2.15. The van der Waals surface area contributed by atoms with Gasteiger partial charge in [0.25, 0.3) is 5.56 Å². The number of hydrogen-bond acceptors (Lipinski definition) is 6. The number of hydrogen-bond donors (Lipinski definition) is 2. The second kappa shape index (κ2) is 5.47. The van der Waals surface area contributed by atoms with Crippen LogP contribution in [0.4, 0.5) is 0 Å². The number of aromatic amines is 1. The van der Waals surface area contributed by atoms with E-state index in [4.69, 9.17) is 4.74 Å². The van der Waals surface area contributed by atoms with Crippen LogP contribution in [-0.4, -0.2) is 32.4 Å². The van der Waals surface area contributed by atoms with Gasteiger partial charge in [-0.15, -0.1) is 10.2 Å². The molecule has 2 heterocycles. The fourth-order valence-corrected chi connectivity index (χ4v) is 1.64. The van der Waals surface area contributed by atoms with Crippen molar-refractivity contribution in [3.05, 3.63) is 28.0 Å². The number of aromatic nitrogens is 4. The molecule has 19 heavy (non-hydrogen) atoms. The second-order valence-corrected chi connectivity index (χ2v) is 3.93. The van der Waals surface area contributed by atoms with E-state index in [0.717, 1.165) is 6.42 Å². The minimum Gasteiger partial charge on any atom is -0.493 e. The van der Waals surface area contributed by atoms with E-state index in [1.165, 1.54) is 7.11 Å². The molecule has 2 N–H and O–H groups in total. The van der Waals surface area contributed by atoms with Gasteiger partial charge < -0.3 is 14.8 Å². The Morgan fingerprint density at radius 2 is 2.16 bits per heavy atom. The van der Waals surface area contributed by atoms with Crippen molar-refractivity contribution in [3.8, 4) is 23.3 Å². The van der Waals surface area contributed by atoms with Crippen LogP contribution in [0.5, 0.6) is 11.8 Å². The Balaban J connectivity index is 2.42. The highest BCUT2D eigenvalue weighted by molar-refractivity contribution is 5.49. The zero-order valence-electron chi connectivity index (χ0n) is 10.7. The fraction of sp³-hybridized carbons (Fsp3) is 0.333. The van der Waals surface area contributed by atoms with E-state index >= 15 is 0 Å². The predicted molar refractivity (Wildman–Crippen MR) is 68.1 cm³/mol. The molecule has 0 fully saturated rings. The van der Waals surface area contributed by atoms with Gasteiger partial charge in [0.15, 0.2) is 5.82 Å². The summed E-state index contributed by atoms with van der Waals surface area (Å²) in [5, 5.41) is 17.4. The molecule has 0 atom stereocenters. The summed E-state index contributed by atoms with van der Waals surface area (Å²) in [5.74, 6) is 0.272. The average Bonchev–Trinajstić information content (AvgIpc) is 2.43. The summed E-state index contributed by atoms with van der Waals surface area (Å²) in [6.45, 7) is 1.92. The van der Waals surface area contributed by atoms with E-state index in [2.05, 4.69) is 20.2 Å². The molecule has 0 unspecified atom stereocenters. The summed E-state index contributed by atoms with van der Waals surface area (Å²) >= 11 is 0. The van der Waals surface area contributed by atoms with Crippen LogP contribution in [0.3, 0.4) is 0 Å². The molecule has 0 aliphatic rings. The van der Waals surface area contributed by atoms with E-state index in [1.54, 1.807) is 12.1 Å². The standard InChI is InChI=1S/C12H14N4O3/c1-3-4-7-11(17)13-10(14-12(7)18)8-5-6-9(19-2)16-15-8/h5-6H,3-4H2,1-2H3,(H2,13,14,17,18). The van der Waals surface area contributed by atoms with Crippen LogP contribution < -0.4 is 10.3 Å². The summed E-state index contributed by atoms with van der Waals surface area (Å²) in [7, 11) is 1.48. The van der Waals surface area contributed by atoms with Crippen LogP contribution in [-0.2, 0) is 6.42 Å². The van der Waals surface area contributed by atoms with Gasteiger partial charge in [-0.2, -0.15) is 4.98 Å². The Hall–Kier alpha value is -2.44. The van der Waals surface area contributed by atoms with E-state index < -0.39 is 0 Å². The van der Waals surface area contributed by atoms with Crippen LogP contribution in [0, 0.1) is 0 Å². The van der Waals surface area contributed by atoms with Gasteiger partial charge in [-0.1, -0.05) is 13.3 Å². The molecular weight excluding hydrogens is 248 g/mol. The number of methoxy groups -OCH3 is 1. The lowest BCUT2D eigenvalue weighted by molar-refractivity contribution is 0.392. The van der Waals surface area contributed by atoms with Crippen LogP contribution in [0.25, 0.3) is 11.5 Å². The number of H-pyrrole nitrogens is 1. The molecule has 7 nitrogen and oxygen atoms in total. The third-order valence-corrected chi connectivity index (χ3v) is 2.59. The van der Waals surface area contributed by atoms with Crippen molar-refractivity contribution in [1.29, 1.82) is 0 Å². The van der Waals surface area contributed by atoms with Crippen molar-refractivity contribution in [3.63, 3.8) is 0 Å². The van der Waals surface area contributed by atoms with Gasteiger partial charge in [0.05, 0.1) is 12.7 Å². The molecule has 0 spiro atoms. The Bertz CT molecular complexity index is 622. The van der Waals surface area contributed by atoms with E-state index in [1.807, 2.05) is 6.92 Å². The highest BCUT2D eigenvalue weighted by Crippen LogP contribution is 2.17. The number of rotatable bonds is 4. The lowest BCUT2D eigenvalue weighted by Gasteiger charge is -2.04. The third kappa shape index (κ3) is 2.70. The van der Waals surface area contributed by atoms with Gasteiger partial charge in [0.2, 0.25) is 11.8 Å². The molecule has 7 heteroatoms. The zero-order chi connectivity index (χ0) is 13.8. The summed E-state index contributed by atoms with van der Waals surface area (Å²) in [5.41, 5.74) is 0.283. The van der Waals surface area contributed by atoms with Crippen LogP contribution >= 0.6 is 0 Å².